The molecule has 5 rings (SSSR count). The average molecular weight is 361 g/mol. The highest BCUT2D eigenvalue weighted by Gasteiger charge is 2.20. The second kappa shape index (κ2) is 6.08. The third kappa shape index (κ3) is 2.69. The van der Waals surface area contributed by atoms with Gasteiger partial charge in [0, 0.05) is 30.1 Å². The number of piperidine rings is 1. The maximum absolute atomic E-state index is 12.1. The van der Waals surface area contributed by atoms with Crippen molar-refractivity contribution in [1.82, 2.24) is 30.0 Å². The monoisotopic (exact) mass is 361 g/mol. The van der Waals surface area contributed by atoms with Crippen LogP contribution in [0.1, 0.15) is 25.1 Å². The Kier molecular flexibility index (Phi) is 3.56. The van der Waals surface area contributed by atoms with Crippen LogP contribution in [0.15, 0.2) is 30.5 Å². The Hall–Kier alpha value is -3.42. The van der Waals surface area contributed by atoms with Gasteiger partial charge >= 0.3 is 0 Å². The van der Waals surface area contributed by atoms with E-state index in [4.69, 9.17) is 10.7 Å². The van der Waals surface area contributed by atoms with E-state index in [1.54, 1.807) is 6.20 Å². The first kappa shape index (κ1) is 15.8. The molecule has 1 aliphatic rings. The number of carbonyl (C=O) groups excluding carboxylic acids is 1. The fraction of sp³-hybridized carbons (Fsp3) is 0.263. The predicted octanol–water partition coefficient (Wildman–Crippen LogP) is 2.60. The van der Waals surface area contributed by atoms with E-state index in [1.165, 1.54) is 0 Å². The summed E-state index contributed by atoms with van der Waals surface area (Å²) in [6.45, 7) is 1.25. The zero-order valence-corrected chi connectivity index (χ0v) is 14.7. The smallest absolute Gasteiger partial charge is 0.222 e. The van der Waals surface area contributed by atoms with Crippen LogP contribution >= 0.6 is 0 Å². The number of nitrogens with zero attached hydrogens (tertiary/aromatic N) is 4. The van der Waals surface area contributed by atoms with Crippen LogP contribution < -0.4 is 5.73 Å². The van der Waals surface area contributed by atoms with Crippen LogP contribution in [0.5, 0.6) is 0 Å². The van der Waals surface area contributed by atoms with Crippen LogP contribution in [-0.4, -0.2) is 42.5 Å². The molecule has 4 heterocycles. The van der Waals surface area contributed by atoms with E-state index in [0.717, 1.165) is 58.4 Å². The largest absolute Gasteiger partial charge is 0.382 e. The van der Waals surface area contributed by atoms with Crippen LogP contribution in [0.25, 0.3) is 33.2 Å². The topological polar surface area (TPSA) is 117 Å². The molecule has 3 aromatic heterocycles. The molecule has 0 atom stereocenters. The number of carbonyl (C=O) groups is 1. The lowest BCUT2D eigenvalue weighted by Gasteiger charge is -2.25. The number of hydrogen-bond donors (Lipinski definition) is 3. The highest BCUT2D eigenvalue weighted by atomic mass is 16.2. The molecule has 0 bridgehead atoms. The standard InChI is InChI=1S/C19H19N7O/c20-19-18-17(23-15(24-18)10-26-8-2-1-3-16(26)27)12-5-4-11(9-14(12)22-19)13-6-7-21-25-13/h4-7,9H,1-3,8,10H2,(H2,20,22)(H,21,25)(H,23,24). The van der Waals surface area contributed by atoms with Gasteiger partial charge in [-0.05, 0) is 31.0 Å². The SMILES string of the molecule is Nc1nc2cc(-c3ccn[nH]3)ccc2c2nc(CN3CCCCC3=O)[nH]c12. The Morgan fingerprint density at radius 2 is 2.11 bits per heavy atom. The van der Waals surface area contributed by atoms with E-state index in [0.29, 0.717) is 18.8 Å². The van der Waals surface area contributed by atoms with E-state index >= 15 is 0 Å². The van der Waals surface area contributed by atoms with Gasteiger partial charge in [-0.25, -0.2) is 9.97 Å². The zero-order valence-electron chi connectivity index (χ0n) is 14.7. The maximum Gasteiger partial charge on any atom is 0.222 e. The van der Waals surface area contributed by atoms with Crippen molar-refractivity contribution >= 4 is 33.7 Å². The molecule has 0 saturated carbocycles. The number of rotatable bonds is 3. The third-order valence-corrected chi connectivity index (χ3v) is 5.08. The van der Waals surface area contributed by atoms with Crippen molar-refractivity contribution in [3.05, 3.63) is 36.3 Å². The summed E-state index contributed by atoms with van der Waals surface area (Å²) < 4.78 is 0. The van der Waals surface area contributed by atoms with Gasteiger partial charge in [0.1, 0.15) is 22.7 Å². The fourth-order valence-corrected chi connectivity index (χ4v) is 3.68. The van der Waals surface area contributed by atoms with Gasteiger partial charge in [0.25, 0.3) is 0 Å². The number of nitrogen functional groups attached to an aromatic ring is 1. The number of likely N-dealkylation sites (tertiary alicyclic amines) is 1. The van der Waals surface area contributed by atoms with Gasteiger partial charge in [-0.3, -0.25) is 9.89 Å². The molecule has 1 saturated heterocycles. The predicted molar refractivity (Wildman–Crippen MR) is 103 cm³/mol. The number of aromatic amines is 2. The number of hydrogen-bond acceptors (Lipinski definition) is 5. The summed E-state index contributed by atoms with van der Waals surface area (Å²) in [5.74, 6) is 1.32. The molecule has 0 unspecified atom stereocenters. The molecule has 8 heteroatoms. The van der Waals surface area contributed by atoms with E-state index in [1.807, 2.05) is 29.2 Å². The average Bonchev–Trinajstić information content (AvgIpc) is 3.33. The number of pyridine rings is 1. The van der Waals surface area contributed by atoms with Crippen LogP contribution in [0.3, 0.4) is 0 Å². The lowest BCUT2D eigenvalue weighted by atomic mass is 10.1. The Bertz CT molecular complexity index is 1150. The molecule has 4 N–H and O–H groups in total. The molecule has 0 aliphatic carbocycles. The van der Waals surface area contributed by atoms with Crippen molar-refractivity contribution in [2.24, 2.45) is 0 Å². The minimum atomic E-state index is 0.182. The Balaban J connectivity index is 1.58. The highest BCUT2D eigenvalue weighted by Crippen LogP contribution is 2.29. The van der Waals surface area contributed by atoms with E-state index in [-0.39, 0.29) is 5.91 Å². The summed E-state index contributed by atoms with van der Waals surface area (Å²) in [6, 6.07) is 7.89. The molecule has 1 amide bonds. The van der Waals surface area contributed by atoms with Gasteiger partial charge in [-0.1, -0.05) is 6.07 Å². The highest BCUT2D eigenvalue weighted by molar-refractivity contribution is 6.07. The quantitative estimate of drug-likeness (QED) is 0.518. The molecule has 27 heavy (non-hydrogen) atoms. The van der Waals surface area contributed by atoms with Crippen molar-refractivity contribution in [1.29, 1.82) is 0 Å². The lowest BCUT2D eigenvalue weighted by molar-refractivity contribution is -0.133. The number of aromatic nitrogens is 5. The third-order valence-electron chi connectivity index (χ3n) is 5.08. The van der Waals surface area contributed by atoms with Gasteiger partial charge in [-0.2, -0.15) is 5.10 Å². The first-order valence-corrected chi connectivity index (χ1v) is 9.04. The van der Waals surface area contributed by atoms with E-state index in [9.17, 15) is 4.79 Å². The maximum atomic E-state index is 12.1. The van der Waals surface area contributed by atoms with E-state index in [2.05, 4.69) is 20.2 Å². The molecule has 4 aromatic rings. The van der Waals surface area contributed by atoms with Gasteiger partial charge in [0.2, 0.25) is 5.91 Å². The number of nitrogens with two attached hydrogens (primary N) is 1. The van der Waals surface area contributed by atoms with Gasteiger partial charge in [-0.15, -0.1) is 0 Å². The summed E-state index contributed by atoms with van der Waals surface area (Å²) in [5.41, 5.74) is 10.4. The summed E-state index contributed by atoms with van der Waals surface area (Å²) >= 11 is 0. The van der Waals surface area contributed by atoms with Crippen LogP contribution in [0, 0.1) is 0 Å². The zero-order chi connectivity index (χ0) is 18.4. The lowest BCUT2D eigenvalue weighted by Crippen LogP contribution is -2.34. The van der Waals surface area contributed by atoms with Gasteiger partial charge in [0.15, 0.2) is 0 Å². The normalized spacial score (nSPS) is 15.1. The van der Waals surface area contributed by atoms with Crippen molar-refractivity contribution in [3.63, 3.8) is 0 Å². The van der Waals surface area contributed by atoms with Crippen molar-refractivity contribution in [2.75, 3.05) is 12.3 Å². The summed E-state index contributed by atoms with van der Waals surface area (Å²) in [4.78, 5) is 26.5. The van der Waals surface area contributed by atoms with Gasteiger partial charge < -0.3 is 15.6 Å². The number of benzene rings is 1. The van der Waals surface area contributed by atoms with Crippen molar-refractivity contribution in [3.8, 4) is 11.3 Å². The van der Waals surface area contributed by atoms with Gasteiger partial charge in [0.05, 0.1) is 17.8 Å². The Morgan fingerprint density at radius 1 is 1.19 bits per heavy atom. The number of amides is 1. The summed E-state index contributed by atoms with van der Waals surface area (Å²) in [5, 5.41) is 7.87. The Morgan fingerprint density at radius 3 is 2.93 bits per heavy atom. The van der Waals surface area contributed by atoms with Crippen molar-refractivity contribution < 1.29 is 4.79 Å². The minimum Gasteiger partial charge on any atom is -0.382 e. The molecular weight excluding hydrogens is 342 g/mol. The molecule has 1 fully saturated rings. The first-order chi connectivity index (χ1) is 13.2. The summed E-state index contributed by atoms with van der Waals surface area (Å²) in [6.07, 6.45) is 4.33. The first-order valence-electron chi connectivity index (χ1n) is 9.04. The minimum absolute atomic E-state index is 0.182. The molecule has 1 aromatic carbocycles. The molecule has 1 aliphatic heterocycles. The summed E-state index contributed by atoms with van der Waals surface area (Å²) in [7, 11) is 0. The van der Waals surface area contributed by atoms with Crippen LogP contribution in [0.2, 0.25) is 0 Å². The van der Waals surface area contributed by atoms with E-state index < -0.39 is 0 Å². The molecular formula is C19H19N7O. The number of fused-ring (bicyclic) bond motifs is 3. The van der Waals surface area contributed by atoms with Crippen LogP contribution in [0.4, 0.5) is 5.82 Å². The van der Waals surface area contributed by atoms with Crippen molar-refractivity contribution in [2.45, 2.75) is 25.8 Å². The Labute approximate surface area is 154 Å². The number of nitrogens with one attached hydrogen (secondary N) is 2. The number of H-pyrrole nitrogens is 2. The molecule has 8 nitrogen and oxygen atoms in total. The molecule has 136 valence electrons. The number of imidazole rings is 1. The molecule has 0 radical (unpaired) electrons. The van der Waals surface area contributed by atoms with Crippen LogP contribution in [-0.2, 0) is 11.3 Å². The molecule has 0 spiro atoms. The fourth-order valence-electron chi connectivity index (χ4n) is 3.68. The second-order valence-electron chi connectivity index (χ2n) is 6.88. The second-order valence-corrected chi connectivity index (χ2v) is 6.88. The number of anilines is 1.